The Balaban J connectivity index is 3.15. The maximum atomic E-state index is 14.0. The fraction of sp³-hybridized carbons (Fsp3) is 0.462. The third-order valence-electron chi connectivity index (χ3n) is 2.54. The summed E-state index contributed by atoms with van der Waals surface area (Å²) >= 11 is 3.18. The van der Waals surface area contributed by atoms with Crippen molar-refractivity contribution in [3.63, 3.8) is 0 Å². The summed E-state index contributed by atoms with van der Waals surface area (Å²) in [6.07, 6.45) is 0. The number of ether oxygens (including phenoxy) is 2. The molecule has 1 aromatic carbocycles. The molecule has 0 bridgehead atoms. The number of benzene rings is 1. The van der Waals surface area contributed by atoms with E-state index in [9.17, 15) is 13.6 Å². The van der Waals surface area contributed by atoms with Gasteiger partial charge in [-0.05, 0) is 32.0 Å². The third-order valence-corrected chi connectivity index (χ3v) is 3.04. The van der Waals surface area contributed by atoms with Crippen molar-refractivity contribution >= 4 is 21.9 Å². The van der Waals surface area contributed by atoms with Crippen LogP contribution >= 0.6 is 15.9 Å². The molecule has 0 heterocycles. The van der Waals surface area contributed by atoms with Crippen molar-refractivity contribution in [2.75, 3.05) is 13.2 Å². The summed E-state index contributed by atoms with van der Waals surface area (Å²) in [4.78, 5) is 11.3. The van der Waals surface area contributed by atoms with Gasteiger partial charge in [-0.2, -0.15) is 8.78 Å². The Labute approximate surface area is 124 Å². The first kappa shape index (κ1) is 16.8. The lowest BCUT2D eigenvalue weighted by Gasteiger charge is -2.23. The standard InChI is InChI=1S/C13H16BrF2NO3/c1-3-19-10-6-5-8(14)7-9(10)11(17)13(15,16)12(18)20-4-2/h5-7,11H,3-4,17H2,1-2H3/t11-/m1/s1. The number of esters is 1. The summed E-state index contributed by atoms with van der Waals surface area (Å²) in [5.74, 6) is -5.26. The lowest BCUT2D eigenvalue weighted by atomic mass is 10.0. The van der Waals surface area contributed by atoms with Crippen LogP contribution < -0.4 is 10.5 Å². The molecule has 1 rings (SSSR count). The van der Waals surface area contributed by atoms with Gasteiger partial charge in [0.05, 0.1) is 13.2 Å². The number of carbonyl (C=O) groups is 1. The minimum atomic E-state index is -3.83. The molecule has 1 aromatic rings. The summed E-state index contributed by atoms with van der Waals surface area (Å²) in [6.45, 7) is 3.33. The Bertz CT molecular complexity index is 483. The SMILES string of the molecule is CCOC(=O)C(F)(F)[C@H](N)c1cc(Br)ccc1OCC. The van der Waals surface area contributed by atoms with Crippen LogP contribution in [0.4, 0.5) is 8.78 Å². The molecule has 0 saturated heterocycles. The molecule has 0 aromatic heterocycles. The number of carbonyl (C=O) groups excluding carboxylic acids is 1. The Morgan fingerprint density at radius 1 is 1.40 bits per heavy atom. The van der Waals surface area contributed by atoms with Crippen LogP contribution in [0.3, 0.4) is 0 Å². The molecule has 0 amide bonds. The molecule has 7 heteroatoms. The molecule has 0 spiro atoms. The van der Waals surface area contributed by atoms with Gasteiger partial charge in [-0.3, -0.25) is 0 Å². The second kappa shape index (κ2) is 6.99. The van der Waals surface area contributed by atoms with Gasteiger partial charge in [-0.25, -0.2) is 4.79 Å². The van der Waals surface area contributed by atoms with Crippen LogP contribution in [0.2, 0.25) is 0 Å². The summed E-state index contributed by atoms with van der Waals surface area (Å²) in [5, 5.41) is 0. The molecular weight excluding hydrogens is 336 g/mol. The van der Waals surface area contributed by atoms with Gasteiger partial charge in [0, 0.05) is 10.0 Å². The Hall–Kier alpha value is -1.21. The van der Waals surface area contributed by atoms with E-state index in [1.807, 2.05) is 0 Å². The quantitative estimate of drug-likeness (QED) is 0.800. The number of nitrogens with two attached hydrogens (primary N) is 1. The smallest absolute Gasteiger partial charge is 0.379 e. The number of alkyl halides is 2. The van der Waals surface area contributed by atoms with Crippen molar-refractivity contribution in [2.24, 2.45) is 5.73 Å². The van der Waals surface area contributed by atoms with Crippen LogP contribution in [0.1, 0.15) is 25.5 Å². The highest BCUT2D eigenvalue weighted by molar-refractivity contribution is 9.10. The lowest BCUT2D eigenvalue weighted by Crippen LogP contribution is -2.42. The van der Waals surface area contributed by atoms with Crippen LogP contribution in [0.15, 0.2) is 22.7 Å². The van der Waals surface area contributed by atoms with Crippen LogP contribution in [-0.2, 0) is 9.53 Å². The van der Waals surface area contributed by atoms with Crippen LogP contribution in [0, 0.1) is 0 Å². The lowest BCUT2D eigenvalue weighted by molar-refractivity contribution is -0.174. The number of rotatable bonds is 6. The van der Waals surface area contributed by atoms with Gasteiger partial charge in [0.2, 0.25) is 0 Å². The van der Waals surface area contributed by atoms with E-state index < -0.39 is 17.9 Å². The fourth-order valence-electron chi connectivity index (χ4n) is 1.60. The first-order chi connectivity index (χ1) is 9.34. The maximum Gasteiger partial charge on any atom is 0.379 e. The zero-order valence-corrected chi connectivity index (χ0v) is 12.7. The summed E-state index contributed by atoms with van der Waals surface area (Å²) < 4.78 is 38.1. The van der Waals surface area contributed by atoms with Crippen LogP contribution in [0.25, 0.3) is 0 Å². The minimum absolute atomic E-state index is 0.0410. The number of hydrogen-bond donors (Lipinski definition) is 1. The van der Waals surface area contributed by atoms with Crippen molar-refractivity contribution in [1.82, 2.24) is 0 Å². The van der Waals surface area contributed by atoms with Crippen molar-refractivity contribution in [3.05, 3.63) is 28.2 Å². The van der Waals surface area contributed by atoms with E-state index in [-0.39, 0.29) is 17.9 Å². The van der Waals surface area contributed by atoms with E-state index in [1.54, 1.807) is 13.0 Å². The highest BCUT2D eigenvalue weighted by atomic mass is 79.9. The summed E-state index contributed by atoms with van der Waals surface area (Å²) in [5.41, 5.74) is 5.59. The van der Waals surface area contributed by atoms with E-state index in [4.69, 9.17) is 10.5 Å². The molecule has 1 atom stereocenters. The Morgan fingerprint density at radius 2 is 2.05 bits per heavy atom. The van der Waals surface area contributed by atoms with Crippen LogP contribution in [-0.4, -0.2) is 25.1 Å². The molecule has 0 fully saturated rings. The molecule has 0 saturated carbocycles. The van der Waals surface area contributed by atoms with Crippen molar-refractivity contribution < 1.29 is 23.0 Å². The Morgan fingerprint density at radius 3 is 2.60 bits per heavy atom. The van der Waals surface area contributed by atoms with Gasteiger partial charge in [-0.15, -0.1) is 0 Å². The van der Waals surface area contributed by atoms with Gasteiger partial charge in [0.15, 0.2) is 0 Å². The highest BCUT2D eigenvalue weighted by Gasteiger charge is 2.48. The predicted octanol–water partition coefficient (Wildman–Crippen LogP) is 3.05. The molecular formula is C13H16BrF2NO3. The van der Waals surface area contributed by atoms with Gasteiger partial charge < -0.3 is 15.2 Å². The van der Waals surface area contributed by atoms with Gasteiger partial charge in [0.25, 0.3) is 0 Å². The first-order valence-corrected chi connectivity index (χ1v) is 6.86. The van der Waals surface area contributed by atoms with E-state index in [0.29, 0.717) is 11.1 Å². The van der Waals surface area contributed by atoms with E-state index in [0.717, 1.165) is 0 Å². The van der Waals surface area contributed by atoms with Crippen molar-refractivity contribution in [2.45, 2.75) is 25.8 Å². The third kappa shape index (κ3) is 3.67. The zero-order valence-electron chi connectivity index (χ0n) is 11.2. The average molecular weight is 352 g/mol. The molecule has 112 valence electrons. The fourth-order valence-corrected chi connectivity index (χ4v) is 1.98. The topological polar surface area (TPSA) is 61.5 Å². The maximum absolute atomic E-state index is 14.0. The molecule has 0 aliphatic heterocycles. The molecule has 2 N–H and O–H groups in total. The molecule has 0 aliphatic rings. The molecule has 4 nitrogen and oxygen atoms in total. The molecule has 0 unspecified atom stereocenters. The van der Waals surface area contributed by atoms with E-state index >= 15 is 0 Å². The van der Waals surface area contributed by atoms with Crippen LogP contribution in [0.5, 0.6) is 5.75 Å². The van der Waals surface area contributed by atoms with Crippen molar-refractivity contribution in [1.29, 1.82) is 0 Å². The summed E-state index contributed by atoms with van der Waals surface area (Å²) in [6, 6.07) is 2.72. The minimum Gasteiger partial charge on any atom is -0.494 e. The van der Waals surface area contributed by atoms with Gasteiger partial charge in [0.1, 0.15) is 11.8 Å². The van der Waals surface area contributed by atoms with Gasteiger partial charge >= 0.3 is 11.9 Å². The molecule has 0 aliphatic carbocycles. The normalized spacial score (nSPS) is 12.9. The second-order valence-electron chi connectivity index (χ2n) is 3.94. The van der Waals surface area contributed by atoms with E-state index in [1.165, 1.54) is 19.1 Å². The Kier molecular flexibility index (Phi) is 5.88. The number of hydrogen-bond acceptors (Lipinski definition) is 4. The monoisotopic (exact) mass is 351 g/mol. The van der Waals surface area contributed by atoms with Crippen molar-refractivity contribution in [3.8, 4) is 5.75 Å². The second-order valence-corrected chi connectivity index (χ2v) is 4.85. The zero-order chi connectivity index (χ0) is 15.3. The van der Waals surface area contributed by atoms with Gasteiger partial charge in [-0.1, -0.05) is 15.9 Å². The largest absolute Gasteiger partial charge is 0.494 e. The first-order valence-electron chi connectivity index (χ1n) is 6.07. The highest BCUT2D eigenvalue weighted by Crippen LogP contribution is 2.37. The average Bonchev–Trinajstić information content (AvgIpc) is 2.40. The number of halogens is 3. The molecule has 20 heavy (non-hydrogen) atoms. The van der Waals surface area contributed by atoms with E-state index in [2.05, 4.69) is 20.7 Å². The summed E-state index contributed by atoms with van der Waals surface area (Å²) in [7, 11) is 0. The predicted molar refractivity (Wildman–Crippen MR) is 73.8 cm³/mol. The molecule has 0 radical (unpaired) electrons.